The van der Waals surface area contributed by atoms with E-state index in [0.717, 1.165) is 37.5 Å². The lowest BCUT2D eigenvalue weighted by atomic mass is 10.0. The van der Waals surface area contributed by atoms with E-state index in [1.807, 2.05) is 0 Å². The minimum absolute atomic E-state index is 0.205. The zero-order chi connectivity index (χ0) is 13.9. The van der Waals surface area contributed by atoms with Crippen LogP contribution >= 0.6 is 11.7 Å². The maximum absolute atomic E-state index is 9.74. The Balaban J connectivity index is 2.09. The van der Waals surface area contributed by atoms with E-state index in [4.69, 9.17) is 9.84 Å². The van der Waals surface area contributed by atoms with Crippen LogP contribution in [0.4, 0.5) is 0 Å². The fraction of sp³-hybridized carbons (Fsp3) is 0.833. The molecule has 7 heteroatoms. The van der Waals surface area contributed by atoms with Gasteiger partial charge in [0.05, 0.1) is 11.7 Å². The molecule has 0 radical (unpaired) electrons. The molecule has 0 spiro atoms. The molecule has 0 bridgehead atoms. The van der Waals surface area contributed by atoms with Crippen molar-refractivity contribution in [2.45, 2.75) is 32.3 Å². The summed E-state index contributed by atoms with van der Waals surface area (Å²) in [6.45, 7) is 3.84. The van der Waals surface area contributed by atoms with E-state index in [0.29, 0.717) is 18.3 Å². The summed E-state index contributed by atoms with van der Waals surface area (Å²) in [5.41, 5.74) is 0. The Morgan fingerprint density at radius 3 is 2.89 bits per heavy atom. The van der Waals surface area contributed by atoms with Crippen molar-refractivity contribution in [1.29, 1.82) is 0 Å². The zero-order valence-electron chi connectivity index (χ0n) is 11.3. The second-order valence-electron chi connectivity index (χ2n) is 4.54. The minimum Gasteiger partial charge on any atom is -0.473 e. The maximum atomic E-state index is 9.74. The quantitative estimate of drug-likeness (QED) is 0.555. The lowest BCUT2D eigenvalue weighted by Crippen LogP contribution is -2.34. The van der Waals surface area contributed by atoms with Crippen LogP contribution in [0, 0.1) is 5.92 Å². The topological polar surface area (TPSA) is 87.5 Å². The number of aliphatic hydroxyl groups is 2. The van der Waals surface area contributed by atoms with Gasteiger partial charge in [-0.25, -0.2) is 0 Å². The van der Waals surface area contributed by atoms with Gasteiger partial charge in [-0.3, -0.25) is 0 Å². The predicted octanol–water partition coefficient (Wildman–Crippen LogP) is 0.666. The largest absolute Gasteiger partial charge is 0.473 e. The van der Waals surface area contributed by atoms with Gasteiger partial charge in [0.15, 0.2) is 0 Å². The fourth-order valence-electron chi connectivity index (χ4n) is 1.85. The van der Waals surface area contributed by atoms with E-state index in [9.17, 15) is 5.11 Å². The highest BCUT2D eigenvalue weighted by Gasteiger charge is 2.10. The van der Waals surface area contributed by atoms with E-state index >= 15 is 0 Å². The van der Waals surface area contributed by atoms with Crippen molar-refractivity contribution in [3.63, 3.8) is 0 Å². The van der Waals surface area contributed by atoms with Crippen LogP contribution in [0.15, 0.2) is 6.20 Å². The predicted molar refractivity (Wildman–Crippen MR) is 74.4 cm³/mol. The third-order valence-corrected chi connectivity index (χ3v) is 3.27. The molecule has 1 rings (SSSR count). The van der Waals surface area contributed by atoms with Crippen LogP contribution in [-0.2, 0) is 0 Å². The molecule has 0 saturated heterocycles. The molecule has 0 aliphatic heterocycles. The number of ether oxygens (including phenoxy) is 1. The van der Waals surface area contributed by atoms with Crippen LogP contribution in [0.1, 0.15) is 26.2 Å². The summed E-state index contributed by atoms with van der Waals surface area (Å²) in [7, 11) is 0. The number of aliphatic hydroxyl groups excluding tert-OH is 2. The van der Waals surface area contributed by atoms with E-state index in [2.05, 4.69) is 21.0 Å². The zero-order valence-corrected chi connectivity index (χ0v) is 12.1. The van der Waals surface area contributed by atoms with Crippen molar-refractivity contribution in [1.82, 2.24) is 14.1 Å². The second kappa shape index (κ2) is 10.1. The molecule has 2 unspecified atom stereocenters. The Hall–Kier alpha value is -0.760. The molecule has 1 aromatic heterocycles. The molecule has 2 atom stereocenters. The van der Waals surface area contributed by atoms with E-state index in [1.165, 1.54) is 6.20 Å². The summed E-state index contributed by atoms with van der Waals surface area (Å²) in [6, 6.07) is 0. The smallest absolute Gasteiger partial charge is 0.245 e. The highest BCUT2D eigenvalue weighted by molar-refractivity contribution is 6.99. The van der Waals surface area contributed by atoms with Gasteiger partial charge < -0.3 is 20.3 Å². The highest BCUT2D eigenvalue weighted by Crippen LogP contribution is 2.09. The molecule has 6 nitrogen and oxygen atoms in total. The first-order valence-corrected chi connectivity index (χ1v) is 7.39. The van der Waals surface area contributed by atoms with E-state index < -0.39 is 6.10 Å². The molecule has 0 fully saturated rings. The summed E-state index contributed by atoms with van der Waals surface area (Å²) in [5.74, 6) is 0.916. The van der Waals surface area contributed by atoms with Gasteiger partial charge in [-0.15, -0.1) is 4.37 Å². The Morgan fingerprint density at radius 1 is 1.42 bits per heavy atom. The summed E-state index contributed by atoms with van der Waals surface area (Å²) in [6.07, 6.45) is 3.96. The monoisotopic (exact) mass is 289 g/mol. The van der Waals surface area contributed by atoms with Gasteiger partial charge in [-0.05, 0) is 25.3 Å². The van der Waals surface area contributed by atoms with Crippen LogP contribution in [0.25, 0.3) is 0 Å². The number of nitrogens with one attached hydrogen (secondary N) is 1. The lowest BCUT2D eigenvalue weighted by molar-refractivity contribution is 0.103. The average Bonchev–Trinajstić information content (AvgIpc) is 2.90. The van der Waals surface area contributed by atoms with Crippen molar-refractivity contribution in [3.8, 4) is 5.88 Å². The van der Waals surface area contributed by atoms with Crippen LogP contribution in [0.2, 0.25) is 0 Å². The van der Waals surface area contributed by atoms with Crippen molar-refractivity contribution >= 4 is 11.7 Å². The molecular weight excluding hydrogens is 266 g/mol. The Labute approximate surface area is 118 Å². The van der Waals surface area contributed by atoms with Gasteiger partial charge in [0.2, 0.25) is 5.88 Å². The van der Waals surface area contributed by atoms with Crippen LogP contribution < -0.4 is 10.1 Å². The molecule has 110 valence electrons. The summed E-state index contributed by atoms with van der Waals surface area (Å²) in [4.78, 5) is 0. The summed E-state index contributed by atoms with van der Waals surface area (Å²) in [5, 5.41) is 21.9. The minimum atomic E-state index is -0.571. The van der Waals surface area contributed by atoms with Crippen molar-refractivity contribution < 1.29 is 14.9 Å². The number of nitrogens with zero attached hydrogens (tertiary/aromatic N) is 2. The number of hydrogen-bond donors (Lipinski definition) is 3. The highest BCUT2D eigenvalue weighted by atomic mass is 32.1. The van der Waals surface area contributed by atoms with Gasteiger partial charge in [0.25, 0.3) is 0 Å². The molecule has 0 aliphatic rings. The molecule has 0 aromatic carbocycles. The third kappa shape index (κ3) is 7.41. The average molecular weight is 289 g/mol. The first kappa shape index (κ1) is 16.3. The standard InChI is InChI=1S/C12H23N3O3S/c1-2-3-10(4-5-16)6-13-7-11(17)9-18-12-8-14-19-15-12/h8,10-11,13,16-17H,2-7,9H2,1H3. The number of rotatable bonds is 11. The summed E-state index contributed by atoms with van der Waals surface area (Å²) < 4.78 is 13.0. The number of hydrogen-bond acceptors (Lipinski definition) is 7. The Kier molecular flexibility index (Phi) is 8.64. The van der Waals surface area contributed by atoms with Crippen molar-refractivity contribution in [3.05, 3.63) is 6.20 Å². The Bertz CT molecular complexity index is 305. The van der Waals surface area contributed by atoms with E-state index in [-0.39, 0.29) is 13.2 Å². The van der Waals surface area contributed by atoms with Crippen molar-refractivity contribution in [2.24, 2.45) is 5.92 Å². The van der Waals surface area contributed by atoms with Gasteiger partial charge >= 0.3 is 0 Å². The molecule has 19 heavy (non-hydrogen) atoms. The van der Waals surface area contributed by atoms with E-state index in [1.54, 1.807) is 0 Å². The SMILES string of the molecule is CCCC(CCO)CNCC(O)COc1cnsn1. The molecule has 0 amide bonds. The first-order valence-electron chi connectivity index (χ1n) is 6.66. The van der Waals surface area contributed by atoms with Crippen LogP contribution in [0.5, 0.6) is 5.88 Å². The first-order chi connectivity index (χ1) is 9.26. The normalized spacial score (nSPS) is 14.3. The molecule has 0 saturated carbocycles. The maximum Gasteiger partial charge on any atom is 0.245 e. The lowest BCUT2D eigenvalue weighted by Gasteiger charge is -2.17. The summed E-state index contributed by atoms with van der Waals surface area (Å²) >= 11 is 1.08. The van der Waals surface area contributed by atoms with Gasteiger partial charge in [0.1, 0.15) is 18.9 Å². The van der Waals surface area contributed by atoms with Gasteiger partial charge in [0, 0.05) is 13.2 Å². The molecule has 1 heterocycles. The molecule has 3 N–H and O–H groups in total. The fourth-order valence-corrected chi connectivity index (χ4v) is 2.22. The van der Waals surface area contributed by atoms with Gasteiger partial charge in [-0.1, -0.05) is 13.3 Å². The van der Waals surface area contributed by atoms with Crippen LogP contribution in [-0.4, -0.2) is 51.4 Å². The van der Waals surface area contributed by atoms with Crippen molar-refractivity contribution in [2.75, 3.05) is 26.3 Å². The Morgan fingerprint density at radius 2 is 2.26 bits per heavy atom. The molecule has 1 aromatic rings. The third-order valence-electron chi connectivity index (χ3n) is 2.81. The van der Waals surface area contributed by atoms with Crippen LogP contribution in [0.3, 0.4) is 0 Å². The number of aromatic nitrogens is 2. The molecule has 0 aliphatic carbocycles. The van der Waals surface area contributed by atoms with Gasteiger partial charge in [-0.2, -0.15) is 4.37 Å². The molecular formula is C12H23N3O3S. The second-order valence-corrected chi connectivity index (χ2v) is 5.09.